The van der Waals surface area contributed by atoms with Crippen LogP contribution in [0.3, 0.4) is 0 Å². The van der Waals surface area contributed by atoms with Crippen LogP contribution in [-0.4, -0.2) is 19.2 Å². The molecule has 3 N–H and O–H groups in total. The third-order valence-corrected chi connectivity index (χ3v) is 3.48. The third-order valence-electron chi connectivity index (χ3n) is 3.48. The first-order valence-corrected chi connectivity index (χ1v) is 7.92. The van der Waals surface area contributed by atoms with Crippen molar-refractivity contribution in [2.45, 2.75) is 32.4 Å². The van der Waals surface area contributed by atoms with Gasteiger partial charge in [0.25, 0.3) is 0 Å². The van der Waals surface area contributed by atoms with Gasteiger partial charge in [-0.15, -0.1) is 0 Å². The van der Waals surface area contributed by atoms with Crippen LogP contribution >= 0.6 is 0 Å². The molecule has 0 spiro atoms. The molecule has 22 heavy (non-hydrogen) atoms. The molecule has 0 fully saturated rings. The molecule has 2 aromatic carbocycles. The molecule has 0 aliphatic rings. The smallest absolute Gasteiger partial charge is 0.119 e. The van der Waals surface area contributed by atoms with Gasteiger partial charge < -0.3 is 15.8 Å². The summed E-state index contributed by atoms with van der Waals surface area (Å²) >= 11 is 0. The normalized spacial score (nSPS) is 12.4. The van der Waals surface area contributed by atoms with Crippen molar-refractivity contribution in [1.29, 1.82) is 0 Å². The van der Waals surface area contributed by atoms with Gasteiger partial charge in [-0.2, -0.15) is 0 Å². The maximum absolute atomic E-state index is 6.22. The lowest BCUT2D eigenvalue weighted by atomic mass is 10.1. The maximum atomic E-state index is 6.22. The molecular weight excluding hydrogens is 272 g/mol. The lowest BCUT2D eigenvalue weighted by molar-refractivity contribution is 0.242. The van der Waals surface area contributed by atoms with Gasteiger partial charge >= 0.3 is 0 Å². The molecule has 0 heterocycles. The van der Waals surface area contributed by atoms with Crippen LogP contribution in [-0.2, 0) is 6.42 Å². The fourth-order valence-corrected chi connectivity index (χ4v) is 2.32. The van der Waals surface area contributed by atoms with E-state index in [1.807, 2.05) is 44.2 Å². The number of nitrogens with two attached hydrogens (primary N) is 1. The molecule has 0 aromatic heterocycles. The fourth-order valence-electron chi connectivity index (χ4n) is 2.32. The molecule has 1 atom stereocenters. The summed E-state index contributed by atoms with van der Waals surface area (Å²) in [6, 6.07) is 18.5. The summed E-state index contributed by atoms with van der Waals surface area (Å²) < 4.78 is 5.64. The predicted octanol–water partition coefficient (Wildman–Crippen LogP) is 3.31. The van der Waals surface area contributed by atoms with E-state index in [4.69, 9.17) is 10.5 Å². The van der Waals surface area contributed by atoms with Crippen LogP contribution < -0.4 is 15.8 Å². The first kappa shape index (κ1) is 16.5. The molecule has 0 amide bonds. The number of hydrogen-bond acceptors (Lipinski definition) is 3. The van der Waals surface area contributed by atoms with E-state index in [2.05, 4.69) is 29.6 Å². The molecule has 0 saturated carbocycles. The average Bonchev–Trinajstić information content (AvgIpc) is 2.52. The molecule has 118 valence electrons. The van der Waals surface area contributed by atoms with Gasteiger partial charge in [-0.3, -0.25) is 0 Å². The topological polar surface area (TPSA) is 47.3 Å². The average molecular weight is 298 g/mol. The van der Waals surface area contributed by atoms with Crippen molar-refractivity contribution in [2.24, 2.45) is 5.73 Å². The summed E-state index contributed by atoms with van der Waals surface area (Å²) in [6.45, 7) is 5.76. The Bertz CT molecular complexity index is 537. The van der Waals surface area contributed by atoms with Crippen LogP contribution in [0.1, 0.15) is 31.0 Å². The Morgan fingerprint density at radius 2 is 1.68 bits per heavy atom. The Morgan fingerprint density at radius 3 is 2.32 bits per heavy atom. The second-order valence-corrected chi connectivity index (χ2v) is 5.78. The first-order chi connectivity index (χ1) is 10.6. The quantitative estimate of drug-likeness (QED) is 0.735. The second-order valence-electron chi connectivity index (χ2n) is 5.78. The van der Waals surface area contributed by atoms with Gasteiger partial charge in [0, 0.05) is 12.6 Å². The highest BCUT2D eigenvalue weighted by atomic mass is 16.5. The van der Waals surface area contributed by atoms with Crippen molar-refractivity contribution in [2.75, 3.05) is 13.1 Å². The van der Waals surface area contributed by atoms with Crippen molar-refractivity contribution in [1.82, 2.24) is 5.32 Å². The van der Waals surface area contributed by atoms with Crippen molar-refractivity contribution < 1.29 is 4.74 Å². The summed E-state index contributed by atoms with van der Waals surface area (Å²) in [4.78, 5) is 0. The number of ether oxygens (including phenoxy) is 1. The summed E-state index contributed by atoms with van der Waals surface area (Å²) in [5, 5.41) is 3.42. The molecule has 0 radical (unpaired) electrons. The minimum absolute atomic E-state index is 0.00359. The zero-order valence-electron chi connectivity index (χ0n) is 13.5. The Kier molecular flexibility index (Phi) is 6.44. The maximum Gasteiger partial charge on any atom is 0.119 e. The Hall–Kier alpha value is -1.84. The molecule has 1 unspecified atom stereocenters. The zero-order chi connectivity index (χ0) is 15.8. The van der Waals surface area contributed by atoms with E-state index < -0.39 is 0 Å². The number of benzene rings is 2. The summed E-state index contributed by atoms with van der Waals surface area (Å²) in [7, 11) is 0. The van der Waals surface area contributed by atoms with Gasteiger partial charge in [-0.25, -0.2) is 0 Å². The first-order valence-electron chi connectivity index (χ1n) is 7.92. The second kappa shape index (κ2) is 8.57. The van der Waals surface area contributed by atoms with Crippen molar-refractivity contribution in [3.63, 3.8) is 0 Å². The fraction of sp³-hybridized carbons (Fsp3) is 0.368. The van der Waals surface area contributed by atoms with Crippen LogP contribution in [0.2, 0.25) is 0 Å². The van der Waals surface area contributed by atoms with E-state index in [9.17, 15) is 0 Å². The monoisotopic (exact) mass is 298 g/mol. The van der Waals surface area contributed by atoms with Crippen molar-refractivity contribution in [3.05, 3.63) is 65.7 Å². The molecule has 2 aromatic rings. The van der Waals surface area contributed by atoms with E-state index in [-0.39, 0.29) is 12.1 Å². The number of hydrogen-bond donors (Lipinski definition) is 2. The Morgan fingerprint density at radius 1 is 1.00 bits per heavy atom. The lowest BCUT2D eigenvalue weighted by Gasteiger charge is -2.15. The Balaban J connectivity index is 1.73. The summed E-state index contributed by atoms with van der Waals surface area (Å²) in [6.07, 6.45) is 1.22. The molecule has 0 aliphatic carbocycles. The van der Waals surface area contributed by atoms with Gasteiger partial charge in [-0.1, -0.05) is 42.5 Å². The summed E-state index contributed by atoms with van der Waals surface area (Å²) in [5.41, 5.74) is 8.70. The molecule has 3 heteroatoms. The molecular formula is C19H26N2O. The lowest BCUT2D eigenvalue weighted by Crippen LogP contribution is -2.28. The van der Waals surface area contributed by atoms with Crippen LogP contribution in [0.25, 0.3) is 0 Å². The number of nitrogens with one attached hydrogen (secondary N) is 1. The predicted molar refractivity (Wildman–Crippen MR) is 92.2 cm³/mol. The van der Waals surface area contributed by atoms with E-state index in [1.54, 1.807) is 0 Å². The SMILES string of the molecule is CC(C)Oc1ccc(C(N)CNCCc2ccccc2)cc1. The van der Waals surface area contributed by atoms with Gasteiger partial charge in [0.15, 0.2) is 0 Å². The van der Waals surface area contributed by atoms with Gasteiger partial charge in [0.2, 0.25) is 0 Å². The highest BCUT2D eigenvalue weighted by molar-refractivity contribution is 5.29. The van der Waals surface area contributed by atoms with Gasteiger partial charge in [-0.05, 0) is 50.1 Å². The molecule has 0 saturated heterocycles. The van der Waals surface area contributed by atoms with Crippen LogP contribution in [0.4, 0.5) is 0 Å². The third kappa shape index (κ3) is 5.51. The van der Waals surface area contributed by atoms with Gasteiger partial charge in [0.1, 0.15) is 5.75 Å². The Labute approximate surface area is 133 Å². The molecule has 0 bridgehead atoms. The van der Waals surface area contributed by atoms with E-state index in [0.717, 1.165) is 30.8 Å². The van der Waals surface area contributed by atoms with Crippen molar-refractivity contribution in [3.8, 4) is 5.75 Å². The highest BCUT2D eigenvalue weighted by Crippen LogP contribution is 2.17. The van der Waals surface area contributed by atoms with Crippen LogP contribution in [0.15, 0.2) is 54.6 Å². The largest absolute Gasteiger partial charge is 0.491 e. The van der Waals surface area contributed by atoms with E-state index in [0.29, 0.717) is 0 Å². The van der Waals surface area contributed by atoms with Crippen LogP contribution in [0, 0.1) is 0 Å². The molecule has 2 rings (SSSR count). The van der Waals surface area contributed by atoms with Crippen LogP contribution in [0.5, 0.6) is 5.75 Å². The minimum atomic E-state index is 0.00359. The zero-order valence-corrected chi connectivity index (χ0v) is 13.5. The van der Waals surface area contributed by atoms with E-state index >= 15 is 0 Å². The highest BCUT2D eigenvalue weighted by Gasteiger charge is 2.06. The van der Waals surface area contributed by atoms with E-state index in [1.165, 1.54) is 5.56 Å². The summed E-state index contributed by atoms with van der Waals surface area (Å²) in [5.74, 6) is 0.892. The molecule has 3 nitrogen and oxygen atoms in total. The minimum Gasteiger partial charge on any atom is -0.491 e. The van der Waals surface area contributed by atoms with Gasteiger partial charge in [0.05, 0.1) is 6.10 Å². The molecule has 0 aliphatic heterocycles. The standard InChI is InChI=1S/C19H26N2O/c1-15(2)22-18-10-8-17(9-11-18)19(20)14-21-13-12-16-6-4-3-5-7-16/h3-11,15,19,21H,12-14,20H2,1-2H3. The van der Waals surface area contributed by atoms with Crippen molar-refractivity contribution >= 4 is 0 Å². The number of rotatable bonds is 8.